The van der Waals surface area contributed by atoms with Crippen molar-refractivity contribution in [2.45, 2.75) is 250 Å². The Bertz CT molecular complexity index is 585. The fraction of sp³-hybridized carbons (Fsp3) is 1.00. The highest BCUT2D eigenvalue weighted by Gasteiger charge is 2.35. The molecule has 264 valence electrons. The summed E-state index contributed by atoms with van der Waals surface area (Å²) in [7, 11) is 0. The van der Waals surface area contributed by atoms with Gasteiger partial charge in [-0.25, -0.2) is 0 Å². The van der Waals surface area contributed by atoms with Crippen LogP contribution in [0, 0.1) is 0 Å². The predicted molar refractivity (Wildman–Crippen MR) is 187 cm³/mol. The maximum atomic E-state index is 10.1. The molecule has 0 radical (unpaired) electrons. The van der Waals surface area contributed by atoms with Crippen LogP contribution in [0.5, 0.6) is 0 Å². The zero-order valence-electron chi connectivity index (χ0n) is 29.8. The summed E-state index contributed by atoms with van der Waals surface area (Å²) in [4.78, 5) is 0. The number of aliphatic hydroxyl groups excluding tert-OH is 3. The minimum atomic E-state index is -0.738. The molecule has 44 heavy (non-hydrogen) atoms. The monoisotopic (exact) mass is 627 g/mol. The fourth-order valence-corrected chi connectivity index (χ4v) is 6.65. The van der Waals surface area contributed by atoms with E-state index in [0.29, 0.717) is 6.42 Å². The minimum Gasteiger partial charge on any atom is -0.393 e. The van der Waals surface area contributed by atoms with Crippen molar-refractivity contribution >= 4 is 0 Å². The molecule has 0 saturated carbocycles. The molecule has 1 heterocycles. The molecule has 1 rings (SSSR count). The maximum Gasteiger partial charge on any atom is 0.184 e. The van der Waals surface area contributed by atoms with Gasteiger partial charge in [-0.2, -0.15) is 0 Å². The van der Waals surface area contributed by atoms with Crippen molar-refractivity contribution in [2.24, 2.45) is 0 Å². The Kier molecular flexibility index (Phi) is 28.7. The average Bonchev–Trinajstić information content (AvgIpc) is 2.99. The first-order valence-corrected chi connectivity index (χ1v) is 19.7. The highest BCUT2D eigenvalue weighted by atomic mass is 16.7. The number of aliphatic hydroxyl groups is 3. The van der Waals surface area contributed by atoms with E-state index in [4.69, 9.17) is 9.47 Å². The van der Waals surface area contributed by atoms with Crippen LogP contribution in [-0.4, -0.2) is 52.1 Å². The Labute approximate surface area is 274 Å². The Hall–Kier alpha value is -0.200. The number of rotatable bonds is 32. The molecule has 0 amide bonds. The molecule has 0 aliphatic carbocycles. The number of unbranched alkanes of at least 4 members (excludes halogenated alkanes) is 26. The molecule has 0 aromatic heterocycles. The first-order chi connectivity index (χ1) is 21.4. The van der Waals surface area contributed by atoms with E-state index in [1.807, 2.05) is 13.8 Å². The molecule has 5 nitrogen and oxygen atoms in total. The second-order valence-corrected chi connectivity index (χ2v) is 14.5. The lowest BCUT2D eigenvalue weighted by Gasteiger charge is -2.36. The summed E-state index contributed by atoms with van der Waals surface area (Å²) in [6, 6.07) is 0. The lowest BCUT2D eigenvalue weighted by Crippen LogP contribution is -2.48. The number of hydrogen-bond donors (Lipinski definition) is 3. The van der Waals surface area contributed by atoms with Crippen molar-refractivity contribution in [1.29, 1.82) is 0 Å². The van der Waals surface area contributed by atoms with E-state index < -0.39 is 18.5 Å². The summed E-state index contributed by atoms with van der Waals surface area (Å²) in [5, 5.41) is 29.1. The molecule has 6 atom stereocenters. The van der Waals surface area contributed by atoms with Crippen molar-refractivity contribution in [1.82, 2.24) is 0 Å². The van der Waals surface area contributed by atoms with Gasteiger partial charge in [-0.1, -0.05) is 173 Å². The summed E-state index contributed by atoms with van der Waals surface area (Å²) in [6.45, 7) is 5.79. The molecule has 1 aliphatic rings. The third kappa shape index (κ3) is 25.9. The van der Waals surface area contributed by atoms with E-state index in [-0.39, 0.29) is 18.3 Å². The molecule has 0 aromatic carbocycles. The first-order valence-electron chi connectivity index (χ1n) is 19.7. The van der Waals surface area contributed by atoms with E-state index >= 15 is 0 Å². The van der Waals surface area contributed by atoms with Crippen molar-refractivity contribution in [3.8, 4) is 0 Å². The third-order valence-electron chi connectivity index (χ3n) is 9.79. The lowest BCUT2D eigenvalue weighted by molar-refractivity contribution is -0.273. The molecule has 0 aromatic rings. The number of ether oxygens (including phenoxy) is 2. The maximum absolute atomic E-state index is 10.1. The topological polar surface area (TPSA) is 79.2 Å². The Balaban J connectivity index is 1.69. The van der Waals surface area contributed by atoms with Crippen molar-refractivity contribution in [3.05, 3.63) is 0 Å². The van der Waals surface area contributed by atoms with Crippen LogP contribution < -0.4 is 0 Å². The van der Waals surface area contributed by atoms with Crippen LogP contribution in [0.15, 0.2) is 0 Å². The zero-order valence-corrected chi connectivity index (χ0v) is 29.8. The van der Waals surface area contributed by atoms with E-state index in [0.717, 1.165) is 19.3 Å². The molecule has 1 saturated heterocycles. The second kappa shape index (κ2) is 30.2. The molecule has 1 fully saturated rings. The van der Waals surface area contributed by atoms with Gasteiger partial charge in [0.05, 0.1) is 24.4 Å². The van der Waals surface area contributed by atoms with Gasteiger partial charge < -0.3 is 24.8 Å². The van der Waals surface area contributed by atoms with Crippen LogP contribution in [0.4, 0.5) is 0 Å². The van der Waals surface area contributed by atoms with Gasteiger partial charge in [-0.05, 0) is 33.6 Å². The van der Waals surface area contributed by atoms with Crippen LogP contribution in [0.3, 0.4) is 0 Å². The molecule has 0 spiro atoms. The van der Waals surface area contributed by atoms with E-state index in [1.54, 1.807) is 0 Å². The normalized spacial score (nSPS) is 22.0. The van der Waals surface area contributed by atoms with Crippen molar-refractivity contribution < 1.29 is 24.8 Å². The van der Waals surface area contributed by atoms with Gasteiger partial charge in [0.15, 0.2) is 6.29 Å². The largest absolute Gasteiger partial charge is 0.393 e. The van der Waals surface area contributed by atoms with Crippen LogP contribution in [0.2, 0.25) is 0 Å². The van der Waals surface area contributed by atoms with Gasteiger partial charge in [-0.15, -0.1) is 0 Å². The first kappa shape index (κ1) is 41.8. The Morgan fingerprint density at radius 1 is 0.500 bits per heavy atom. The minimum absolute atomic E-state index is 0.0753. The van der Waals surface area contributed by atoms with Crippen molar-refractivity contribution in [3.63, 3.8) is 0 Å². The van der Waals surface area contributed by atoms with E-state index in [2.05, 4.69) is 6.92 Å². The standard InChI is InChI=1S/C39H78O5/c1-34(40)31-29-27-25-23-21-19-17-15-13-11-9-7-5-4-6-8-10-12-14-16-18-20-22-24-26-28-30-32-35(2)43-39-38(42)33-37(41)36(3)44-39/h34-42H,4-33H2,1-3H3/t34-,35+,36+,37-,38-,39-/m1/s1. The van der Waals surface area contributed by atoms with E-state index in [9.17, 15) is 15.3 Å². The van der Waals surface area contributed by atoms with Gasteiger partial charge in [0, 0.05) is 6.42 Å². The Morgan fingerprint density at radius 3 is 1.11 bits per heavy atom. The summed E-state index contributed by atoms with van der Waals surface area (Å²) in [5.74, 6) is 0. The SMILES string of the molecule is C[C@@H]1O[C@@H](O[C@@H](C)CCCCCCCCCCCCCCCCCCCCCCCCCCCCC[C@@H](C)O)[C@H](O)C[C@H]1O. The second-order valence-electron chi connectivity index (χ2n) is 14.5. The van der Waals surface area contributed by atoms with Crippen LogP contribution >= 0.6 is 0 Å². The summed E-state index contributed by atoms with van der Waals surface area (Å²) in [6.07, 6.45) is 37.6. The Morgan fingerprint density at radius 2 is 0.795 bits per heavy atom. The van der Waals surface area contributed by atoms with Crippen molar-refractivity contribution in [2.75, 3.05) is 0 Å². The van der Waals surface area contributed by atoms with Gasteiger partial charge in [0.25, 0.3) is 0 Å². The predicted octanol–water partition coefficient (Wildman–Crippen LogP) is 10.9. The molecular weight excluding hydrogens is 548 g/mol. The van der Waals surface area contributed by atoms with Gasteiger partial charge in [-0.3, -0.25) is 0 Å². The molecular formula is C39H78O5. The smallest absolute Gasteiger partial charge is 0.184 e. The van der Waals surface area contributed by atoms with Gasteiger partial charge in [0.2, 0.25) is 0 Å². The third-order valence-corrected chi connectivity index (χ3v) is 9.79. The molecule has 0 unspecified atom stereocenters. The quantitative estimate of drug-likeness (QED) is 0.0647. The molecule has 5 heteroatoms. The molecule has 1 aliphatic heterocycles. The lowest BCUT2D eigenvalue weighted by atomic mass is 10.0. The van der Waals surface area contributed by atoms with Gasteiger partial charge in [0.1, 0.15) is 6.10 Å². The number of hydrogen-bond acceptors (Lipinski definition) is 5. The summed E-state index contributed by atoms with van der Waals surface area (Å²) < 4.78 is 11.5. The molecule has 0 bridgehead atoms. The average molecular weight is 627 g/mol. The van der Waals surface area contributed by atoms with Crippen LogP contribution in [0.1, 0.15) is 213 Å². The highest BCUT2D eigenvalue weighted by Crippen LogP contribution is 2.23. The zero-order chi connectivity index (χ0) is 32.1. The summed E-state index contributed by atoms with van der Waals surface area (Å²) in [5.41, 5.74) is 0. The van der Waals surface area contributed by atoms with E-state index in [1.165, 1.54) is 167 Å². The highest BCUT2D eigenvalue weighted by molar-refractivity contribution is 4.78. The van der Waals surface area contributed by atoms with Crippen LogP contribution in [-0.2, 0) is 9.47 Å². The van der Waals surface area contributed by atoms with Gasteiger partial charge >= 0.3 is 0 Å². The van der Waals surface area contributed by atoms with Crippen LogP contribution in [0.25, 0.3) is 0 Å². The summed E-state index contributed by atoms with van der Waals surface area (Å²) >= 11 is 0. The molecule has 3 N–H and O–H groups in total. The fourth-order valence-electron chi connectivity index (χ4n) is 6.65.